The first-order chi connectivity index (χ1) is 10.0. The van der Waals surface area contributed by atoms with E-state index in [0.29, 0.717) is 26.5 Å². The van der Waals surface area contributed by atoms with Crippen LogP contribution >= 0.6 is 34.8 Å². The van der Waals surface area contributed by atoms with Gasteiger partial charge in [-0.05, 0) is 42.5 Å². The molecule has 2 rings (SSSR count). The van der Waals surface area contributed by atoms with Crippen molar-refractivity contribution in [2.24, 2.45) is 0 Å². The molecule has 0 unspecified atom stereocenters. The lowest BCUT2D eigenvalue weighted by Crippen LogP contribution is -2.15. The lowest BCUT2D eigenvalue weighted by atomic mass is 10.3. The number of carbonyl (C=O) groups excluding carboxylic acids is 1. The number of hydrogen-bond donors (Lipinski definition) is 1. The fraction of sp³-hybridized carbons (Fsp3) is 0.133. The van der Waals surface area contributed by atoms with Gasteiger partial charge in [0.1, 0.15) is 5.75 Å². The van der Waals surface area contributed by atoms with Gasteiger partial charge in [-0.2, -0.15) is 0 Å². The number of ether oxygens (including phenoxy) is 1. The van der Waals surface area contributed by atoms with Gasteiger partial charge >= 0.3 is 0 Å². The smallest absolute Gasteiger partial charge is 0.227 e. The Bertz CT molecular complexity index is 629. The molecule has 1 amide bonds. The highest BCUT2D eigenvalue weighted by atomic mass is 35.5. The number of anilines is 1. The third kappa shape index (κ3) is 5.12. The lowest BCUT2D eigenvalue weighted by molar-refractivity contribution is -0.116. The van der Waals surface area contributed by atoms with Crippen LogP contribution < -0.4 is 10.1 Å². The monoisotopic (exact) mass is 343 g/mol. The molecule has 3 nitrogen and oxygen atoms in total. The summed E-state index contributed by atoms with van der Waals surface area (Å²) in [6, 6.07) is 11.8. The second-order valence-corrected chi connectivity index (χ2v) is 5.50. The van der Waals surface area contributed by atoms with Crippen molar-refractivity contribution in [3.63, 3.8) is 0 Å². The Balaban J connectivity index is 1.81. The third-order valence-corrected chi connectivity index (χ3v) is 3.42. The molecule has 110 valence electrons. The zero-order valence-corrected chi connectivity index (χ0v) is 13.2. The van der Waals surface area contributed by atoms with Crippen molar-refractivity contribution < 1.29 is 9.53 Å². The Labute approximate surface area is 137 Å². The van der Waals surface area contributed by atoms with Gasteiger partial charge in [-0.3, -0.25) is 4.79 Å². The molecule has 0 aliphatic heterocycles. The van der Waals surface area contributed by atoms with Crippen molar-refractivity contribution in [1.29, 1.82) is 0 Å². The fourth-order valence-corrected chi connectivity index (χ4v) is 2.18. The molecular weight excluding hydrogens is 333 g/mol. The van der Waals surface area contributed by atoms with Gasteiger partial charge in [0.05, 0.1) is 23.7 Å². The number of rotatable bonds is 5. The molecule has 0 bridgehead atoms. The van der Waals surface area contributed by atoms with Gasteiger partial charge in [0.2, 0.25) is 5.91 Å². The van der Waals surface area contributed by atoms with Gasteiger partial charge in [0.25, 0.3) is 0 Å². The van der Waals surface area contributed by atoms with Crippen LogP contribution in [0.3, 0.4) is 0 Å². The Morgan fingerprint density at radius 2 is 1.67 bits per heavy atom. The Morgan fingerprint density at radius 3 is 2.33 bits per heavy atom. The molecule has 0 fully saturated rings. The summed E-state index contributed by atoms with van der Waals surface area (Å²) in [4.78, 5) is 11.8. The first-order valence-electron chi connectivity index (χ1n) is 6.18. The topological polar surface area (TPSA) is 38.3 Å². The first-order valence-corrected chi connectivity index (χ1v) is 7.31. The standard InChI is InChI=1S/C15H12Cl3NO2/c16-10-1-4-12(5-2-10)21-8-7-15(20)19-14-6-3-11(17)9-13(14)18/h1-6,9H,7-8H2,(H,19,20). The SMILES string of the molecule is O=C(CCOc1ccc(Cl)cc1)Nc1ccc(Cl)cc1Cl. The van der Waals surface area contributed by atoms with Crippen molar-refractivity contribution in [2.45, 2.75) is 6.42 Å². The van der Waals surface area contributed by atoms with Gasteiger partial charge in [0, 0.05) is 10.0 Å². The Morgan fingerprint density at radius 1 is 1.00 bits per heavy atom. The highest BCUT2D eigenvalue weighted by molar-refractivity contribution is 6.36. The van der Waals surface area contributed by atoms with E-state index in [1.54, 1.807) is 42.5 Å². The highest BCUT2D eigenvalue weighted by Gasteiger charge is 2.06. The maximum absolute atomic E-state index is 11.8. The molecule has 0 saturated carbocycles. The molecule has 0 saturated heterocycles. The van der Waals surface area contributed by atoms with E-state index in [1.165, 1.54) is 0 Å². The molecule has 0 atom stereocenters. The maximum atomic E-state index is 11.8. The van der Waals surface area contributed by atoms with Crippen LogP contribution in [0.2, 0.25) is 15.1 Å². The number of halogens is 3. The molecular formula is C15H12Cl3NO2. The molecule has 0 heterocycles. The second kappa shape index (κ2) is 7.55. The van der Waals surface area contributed by atoms with E-state index in [4.69, 9.17) is 39.5 Å². The summed E-state index contributed by atoms with van der Waals surface area (Å²) in [7, 11) is 0. The van der Waals surface area contributed by atoms with E-state index in [1.807, 2.05) is 0 Å². The van der Waals surface area contributed by atoms with Crippen LogP contribution in [0.1, 0.15) is 6.42 Å². The fourth-order valence-electron chi connectivity index (χ4n) is 1.60. The Hall–Kier alpha value is -1.42. The molecule has 0 aliphatic carbocycles. The lowest BCUT2D eigenvalue weighted by Gasteiger charge is -2.09. The van der Waals surface area contributed by atoms with Gasteiger partial charge in [-0.1, -0.05) is 34.8 Å². The summed E-state index contributed by atoms with van der Waals surface area (Å²) >= 11 is 17.5. The number of hydrogen-bond acceptors (Lipinski definition) is 2. The van der Waals surface area contributed by atoms with Gasteiger partial charge in [0.15, 0.2) is 0 Å². The van der Waals surface area contributed by atoms with Crippen molar-refractivity contribution >= 4 is 46.4 Å². The van der Waals surface area contributed by atoms with Gasteiger partial charge < -0.3 is 10.1 Å². The second-order valence-electron chi connectivity index (χ2n) is 4.22. The minimum Gasteiger partial charge on any atom is -0.493 e. The molecule has 0 spiro atoms. The molecule has 6 heteroatoms. The first kappa shape index (κ1) is 16.0. The van der Waals surface area contributed by atoms with E-state index in [9.17, 15) is 4.79 Å². The van der Waals surface area contributed by atoms with Crippen LogP contribution in [-0.2, 0) is 4.79 Å². The van der Waals surface area contributed by atoms with Gasteiger partial charge in [-0.15, -0.1) is 0 Å². The molecule has 2 aromatic rings. The quantitative estimate of drug-likeness (QED) is 0.824. The molecule has 0 aliphatic rings. The van der Waals surface area contributed by atoms with E-state index in [2.05, 4.69) is 5.32 Å². The Kier molecular flexibility index (Phi) is 5.74. The van der Waals surface area contributed by atoms with Crippen LogP contribution in [0.25, 0.3) is 0 Å². The molecule has 2 aromatic carbocycles. The number of nitrogens with one attached hydrogen (secondary N) is 1. The van der Waals surface area contributed by atoms with Gasteiger partial charge in [-0.25, -0.2) is 0 Å². The average molecular weight is 345 g/mol. The minimum absolute atomic E-state index is 0.187. The number of benzene rings is 2. The molecule has 0 radical (unpaired) electrons. The van der Waals surface area contributed by atoms with Crippen LogP contribution in [-0.4, -0.2) is 12.5 Å². The maximum Gasteiger partial charge on any atom is 0.227 e. The average Bonchev–Trinajstić information content (AvgIpc) is 2.44. The molecule has 1 N–H and O–H groups in total. The third-order valence-electron chi connectivity index (χ3n) is 2.62. The normalized spacial score (nSPS) is 10.2. The summed E-state index contributed by atoms with van der Waals surface area (Å²) in [5, 5.41) is 4.25. The zero-order valence-electron chi connectivity index (χ0n) is 10.9. The number of amides is 1. The molecule has 0 aromatic heterocycles. The van der Waals surface area contributed by atoms with Crippen molar-refractivity contribution in [1.82, 2.24) is 0 Å². The predicted octanol–water partition coefficient (Wildman–Crippen LogP) is 5.05. The summed E-state index contributed by atoms with van der Waals surface area (Å²) in [5.74, 6) is 0.477. The zero-order chi connectivity index (χ0) is 15.2. The van der Waals surface area contributed by atoms with Crippen LogP contribution in [0.4, 0.5) is 5.69 Å². The van der Waals surface area contributed by atoms with Crippen molar-refractivity contribution in [2.75, 3.05) is 11.9 Å². The van der Waals surface area contributed by atoms with Crippen LogP contribution in [0.15, 0.2) is 42.5 Å². The van der Waals surface area contributed by atoms with E-state index < -0.39 is 0 Å². The summed E-state index contributed by atoms with van der Waals surface area (Å²) in [6.45, 7) is 0.263. The summed E-state index contributed by atoms with van der Waals surface area (Å²) in [5.41, 5.74) is 0.526. The minimum atomic E-state index is -0.187. The molecule has 21 heavy (non-hydrogen) atoms. The highest BCUT2D eigenvalue weighted by Crippen LogP contribution is 2.25. The van der Waals surface area contributed by atoms with Crippen molar-refractivity contribution in [3.05, 3.63) is 57.5 Å². The van der Waals surface area contributed by atoms with E-state index in [0.717, 1.165) is 0 Å². The largest absolute Gasteiger partial charge is 0.493 e. The van der Waals surface area contributed by atoms with Crippen LogP contribution in [0.5, 0.6) is 5.75 Å². The number of carbonyl (C=O) groups is 1. The summed E-state index contributed by atoms with van der Waals surface area (Å²) < 4.78 is 5.45. The summed E-state index contributed by atoms with van der Waals surface area (Å²) in [6.07, 6.45) is 0.210. The van der Waals surface area contributed by atoms with Crippen LogP contribution in [0, 0.1) is 0 Å². The predicted molar refractivity (Wildman–Crippen MR) is 86.7 cm³/mol. The van der Waals surface area contributed by atoms with E-state index >= 15 is 0 Å². The van der Waals surface area contributed by atoms with Crippen molar-refractivity contribution in [3.8, 4) is 5.75 Å². The van der Waals surface area contributed by atoms with E-state index in [-0.39, 0.29) is 18.9 Å².